The maximum Gasteiger partial charge on any atom is 0.287 e. The fourth-order valence-corrected chi connectivity index (χ4v) is 1.48. The quantitative estimate of drug-likeness (QED) is 0.499. The molecule has 2 aromatic rings. The molecule has 1 aromatic heterocycles. The van der Waals surface area contributed by atoms with Crippen molar-refractivity contribution in [2.75, 3.05) is 5.43 Å². The van der Waals surface area contributed by atoms with Gasteiger partial charge in [-0.3, -0.25) is 25.7 Å². The molecule has 22 heavy (non-hydrogen) atoms. The number of non-ortho nitro benzene ring substituents is 1. The summed E-state index contributed by atoms with van der Waals surface area (Å²) in [5.41, 5.74) is 2.09. The third-order valence-corrected chi connectivity index (χ3v) is 2.55. The lowest BCUT2D eigenvalue weighted by Crippen LogP contribution is -2.00. The third-order valence-electron chi connectivity index (χ3n) is 2.55. The first-order chi connectivity index (χ1) is 10.5. The molecule has 0 saturated carbocycles. The number of nitrogens with zero attached hydrogens (tertiary/aromatic N) is 4. The molecule has 1 heterocycles. The van der Waals surface area contributed by atoms with Crippen LogP contribution in [0.3, 0.4) is 0 Å². The highest BCUT2D eigenvalue weighted by Crippen LogP contribution is 2.19. The summed E-state index contributed by atoms with van der Waals surface area (Å²) in [6, 6.07) is 5.84. The molecule has 0 fully saturated rings. The van der Waals surface area contributed by atoms with Gasteiger partial charge < -0.3 is 5.11 Å². The Morgan fingerprint density at radius 2 is 1.77 bits per heavy atom. The van der Waals surface area contributed by atoms with Crippen molar-refractivity contribution < 1.29 is 15.0 Å². The van der Waals surface area contributed by atoms with Crippen LogP contribution in [-0.2, 0) is 0 Å². The predicted molar refractivity (Wildman–Crippen MR) is 74.7 cm³/mol. The Balaban J connectivity index is 2.10. The molecule has 0 aliphatic carbocycles. The molecule has 0 aliphatic heterocycles. The molecule has 1 aromatic carbocycles. The summed E-state index contributed by atoms with van der Waals surface area (Å²) in [4.78, 5) is 23.6. The van der Waals surface area contributed by atoms with Crippen LogP contribution in [0.1, 0.15) is 5.56 Å². The summed E-state index contributed by atoms with van der Waals surface area (Å²) < 4.78 is 0. The molecule has 2 rings (SSSR count). The Bertz CT molecular complexity index is 744. The number of nitro groups is 2. The lowest BCUT2D eigenvalue weighted by atomic mass is 10.2. The molecular formula is C12H8N5O5-. The van der Waals surface area contributed by atoms with Crippen molar-refractivity contribution in [3.05, 3.63) is 62.3 Å². The van der Waals surface area contributed by atoms with E-state index in [4.69, 9.17) is 0 Å². The molecule has 10 heteroatoms. The van der Waals surface area contributed by atoms with Gasteiger partial charge in [-0.05, 0) is 11.6 Å². The monoisotopic (exact) mass is 302 g/mol. The standard InChI is InChI=1S/C12H9N5O5/c18-11-3-1-9(16(19)20)5-8(11)6-14-15-12-4-2-10(7-13-12)17(21)22/h1-7,18H,(H,13,15)/p-1/b14-6-. The van der Waals surface area contributed by atoms with E-state index in [9.17, 15) is 25.3 Å². The van der Waals surface area contributed by atoms with E-state index in [1.807, 2.05) is 0 Å². The van der Waals surface area contributed by atoms with Crippen molar-refractivity contribution in [1.82, 2.24) is 4.98 Å². The van der Waals surface area contributed by atoms with Gasteiger partial charge in [0.1, 0.15) is 12.0 Å². The first-order valence-electron chi connectivity index (χ1n) is 5.82. The van der Waals surface area contributed by atoms with Crippen LogP contribution >= 0.6 is 0 Å². The van der Waals surface area contributed by atoms with Crippen molar-refractivity contribution in [3.63, 3.8) is 0 Å². The molecule has 0 amide bonds. The Hall–Kier alpha value is -3.56. The van der Waals surface area contributed by atoms with Gasteiger partial charge in [0.25, 0.3) is 11.4 Å². The van der Waals surface area contributed by atoms with Crippen molar-refractivity contribution in [2.24, 2.45) is 5.10 Å². The van der Waals surface area contributed by atoms with Gasteiger partial charge in [0, 0.05) is 18.2 Å². The van der Waals surface area contributed by atoms with Gasteiger partial charge in [-0.2, -0.15) is 5.10 Å². The van der Waals surface area contributed by atoms with Crippen molar-refractivity contribution in [1.29, 1.82) is 0 Å². The molecular weight excluding hydrogens is 294 g/mol. The summed E-state index contributed by atoms with van der Waals surface area (Å²) in [5.74, 6) is -0.201. The number of nitrogens with one attached hydrogen (secondary N) is 1. The lowest BCUT2D eigenvalue weighted by molar-refractivity contribution is -0.385. The van der Waals surface area contributed by atoms with Crippen LogP contribution in [0.4, 0.5) is 17.2 Å². The maximum absolute atomic E-state index is 11.5. The van der Waals surface area contributed by atoms with E-state index in [1.165, 1.54) is 12.1 Å². The number of aromatic nitrogens is 1. The summed E-state index contributed by atoms with van der Waals surface area (Å²) in [6.45, 7) is 0. The first-order valence-corrected chi connectivity index (χ1v) is 5.82. The van der Waals surface area contributed by atoms with Gasteiger partial charge in [0.15, 0.2) is 0 Å². The zero-order chi connectivity index (χ0) is 16.1. The summed E-state index contributed by atoms with van der Waals surface area (Å²) in [7, 11) is 0. The van der Waals surface area contributed by atoms with E-state index in [-0.39, 0.29) is 22.8 Å². The van der Waals surface area contributed by atoms with Crippen LogP contribution in [0.5, 0.6) is 5.75 Å². The Kier molecular flexibility index (Phi) is 4.22. The molecule has 1 N–H and O–H groups in total. The molecule has 0 spiro atoms. The second kappa shape index (κ2) is 6.26. The van der Waals surface area contributed by atoms with E-state index in [2.05, 4.69) is 15.5 Å². The zero-order valence-corrected chi connectivity index (χ0v) is 10.9. The molecule has 112 valence electrons. The number of nitro benzene ring substituents is 1. The van der Waals surface area contributed by atoms with Gasteiger partial charge in [-0.15, -0.1) is 0 Å². The zero-order valence-electron chi connectivity index (χ0n) is 10.9. The van der Waals surface area contributed by atoms with Crippen molar-refractivity contribution in [2.45, 2.75) is 0 Å². The molecule has 0 bridgehead atoms. The van der Waals surface area contributed by atoms with E-state index >= 15 is 0 Å². The Morgan fingerprint density at radius 3 is 2.36 bits per heavy atom. The number of hydrogen-bond donors (Lipinski definition) is 1. The lowest BCUT2D eigenvalue weighted by Gasteiger charge is -2.08. The molecule has 10 nitrogen and oxygen atoms in total. The highest BCUT2D eigenvalue weighted by atomic mass is 16.6. The minimum Gasteiger partial charge on any atom is -0.872 e. The van der Waals surface area contributed by atoms with Gasteiger partial charge in [-0.1, -0.05) is 11.8 Å². The second-order valence-electron chi connectivity index (χ2n) is 4.01. The fraction of sp³-hybridized carbons (Fsp3) is 0. The summed E-state index contributed by atoms with van der Waals surface area (Å²) >= 11 is 0. The van der Waals surface area contributed by atoms with Crippen LogP contribution < -0.4 is 10.5 Å². The highest BCUT2D eigenvalue weighted by molar-refractivity contribution is 5.84. The average Bonchev–Trinajstić information content (AvgIpc) is 2.49. The minimum atomic E-state index is -0.623. The number of anilines is 1. The SMILES string of the molecule is O=[N+]([O-])c1ccc(N/N=C\c2cc([N+](=O)[O-])ccc2[O-])nc1. The smallest absolute Gasteiger partial charge is 0.287 e. The number of pyridine rings is 1. The van der Waals surface area contributed by atoms with E-state index < -0.39 is 15.6 Å². The van der Waals surface area contributed by atoms with Crippen LogP contribution in [0, 0.1) is 20.2 Å². The molecule has 0 atom stereocenters. The summed E-state index contributed by atoms with van der Waals surface area (Å²) in [6.07, 6.45) is 2.16. The maximum atomic E-state index is 11.5. The van der Waals surface area contributed by atoms with E-state index in [1.54, 1.807) is 0 Å². The number of benzene rings is 1. The molecule has 0 saturated heterocycles. The fourth-order valence-electron chi connectivity index (χ4n) is 1.48. The average molecular weight is 302 g/mol. The normalized spacial score (nSPS) is 10.5. The Morgan fingerprint density at radius 1 is 1.09 bits per heavy atom. The van der Waals surface area contributed by atoms with Gasteiger partial charge >= 0.3 is 0 Å². The van der Waals surface area contributed by atoms with Gasteiger partial charge in [0.2, 0.25) is 0 Å². The molecule has 0 radical (unpaired) electrons. The van der Waals surface area contributed by atoms with Crippen LogP contribution in [0.25, 0.3) is 0 Å². The second-order valence-corrected chi connectivity index (χ2v) is 4.01. The topological polar surface area (TPSA) is 147 Å². The van der Waals surface area contributed by atoms with Crippen LogP contribution in [-0.4, -0.2) is 21.0 Å². The van der Waals surface area contributed by atoms with Crippen molar-refractivity contribution >= 4 is 23.4 Å². The molecule has 0 aliphatic rings. The first kappa shape index (κ1) is 14.8. The number of hydrogen-bond acceptors (Lipinski definition) is 8. The third kappa shape index (κ3) is 3.50. The number of rotatable bonds is 5. The summed E-state index contributed by atoms with van der Waals surface area (Å²) in [5, 5.41) is 36.3. The van der Waals surface area contributed by atoms with E-state index in [0.717, 1.165) is 30.6 Å². The number of hydrazone groups is 1. The van der Waals surface area contributed by atoms with Gasteiger partial charge in [0.05, 0.1) is 16.1 Å². The van der Waals surface area contributed by atoms with Gasteiger partial charge in [-0.25, -0.2) is 4.98 Å². The largest absolute Gasteiger partial charge is 0.872 e. The van der Waals surface area contributed by atoms with Crippen LogP contribution in [0.2, 0.25) is 0 Å². The van der Waals surface area contributed by atoms with Crippen molar-refractivity contribution in [3.8, 4) is 5.75 Å². The Labute approximate surface area is 123 Å². The predicted octanol–water partition coefficient (Wildman–Crippen LogP) is 1.42. The minimum absolute atomic E-state index is 0.0311. The van der Waals surface area contributed by atoms with Crippen LogP contribution in [0.15, 0.2) is 41.6 Å². The highest BCUT2D eigenvalue weighted by Gasteiger charge is 2.06. The molecule has 0 unspecified atom stereocenters. The van der Waals surface area contributed by atoms with E-state index in [0.29, 0.717) is 0 Å².